The van der Waals surface area contributed by atoms with Crippen LogP contribution < -0.4 is 5.06 Å². The maximum atomic E-state index is 10.5. The van der Waals surface area contributed by atoms with Crippen LogP contribution in [0.3, 0.4) is 0 Å². The molecule has 0 radical (unpaired) electrons. The molecule has 0 fully saturated rings. The Labute approximate surface area is 169 Å². The minimum Gasteiger partial charge on any atom is -0.482 e. The number of nitrogens with zero attached hydrogens (tertiary/aromatic N) is 1. The molecule has 2 atom stereocenters. The van der Waals surface area contributed by atoms with Crippen molar-refractivity contribution in [3.05, 3.63) is 70.9 Å². The summed E-state index contributed by atoms with van der Waals surface area (Å²) in [5, 5.41) is 11.8. The first-order valence-electron chi connectivity index (χ1n) is 10.3. The third-order valence-corrected chi connectivity index (χ3v) is 5.65. The highest BCUT2D eigenvalue weighted by Gasteiger charge is 2.36. The molecule has 1 N–H and O–H groups in total. The fourth-order valence-electron chi connectivity index (χ4n) is 3.84. The molecule has 150 valence electrons. The van der Waals surface area contributed by atoms with Crippen LogP contribution in [0.2, 0.25) is 0 Å². The van der Waals surface area contributed by atoms with E-state index in [1.54, 1.807) is 0 Å². The molecule has 1 aromatic carbocycles. The average molecular weight is 380 g/mol. The van der Waals surface area contributed by atoms with Crippen molar-refractivity contribution in [2.24, 2.45) is 0 Å². The highest BCUT2D eigenvalue weighted by atomic mass is 16.5. The molecule has 3 heteroatoms. The van der Waals surface area contributed by atoms with E-state index in [2.05, 4.69) is 52.0 Å². The van der Waals surface area contributed by atoms with E-state index in [1.807, 2.05) is 31.2 Å². The molecule has 2 heterocycles. The van der Waals surface area contributed by atoms with Crippen molar-refractivity contribution in [3.63, 3.8) is 0 Å². The van der Waals surface area contributed by atoms with Gasteiger partial charge in [0, 0.05) is 11.1 Å². The molecular weight excluding hydrogens is 346 g/mol. The lowest BCUT2D eigenvalue weighted by atomic mass is 9.89. The Kier molecular flexibility index (Phi) is 6.14. The van der Waals surface area contributed by atoms with Crippen LogP contribution in [-0.4, -0.2) is 16.9 Å². The quantitative estimate of drug-likeness (QED) is 0.551. The number of hydrogen-bond donors (Lipinski definition) is 1. The Morgan fingerprint density at radius 3 is 2.68 bits per heavy atom. The largest absolute Gasteiger partial charge is 0.482 e. The Bertz CT molecular complexity index is 842. The minimum atomic E-state index is -0.333. The van der Waals surface area contributed by atoms with Gasteiger partial charge in [-0.05, 0) is 78.5 Å². The van der Waals surface area contributed by atoms with Gasteiger partial charge in [-0.25, -0.2) is 5.06 Å². The summed E-state index contributed by atoms with van der Waals surface area (Å²) in [6.07, 6.45) is 13.1. The van der Waals surface area contributed by atoms with Gasteiger partial charge in [0.2, 0.25) is 0 Å². The molecule has 2 aliphatic heterocycles. The molecule has 0 aromatic heterocycles. The molecule has 3 nitrogen and oxygen atoms in total. The van der Waals surface area contributed by atoms with E-state index in [4.69, 9.17) is 4.74 Å². The van der Waals surface area contributed by atoms with Crippen molar-refractivity contribution in [1.29, 1.82) is 0 Å². The highest BCUT2D eigenvalue weighted by molar-refractivity contribution is 5.81. The monoisotopic (exact) mass is 379 g/mol. The number of para-hydroxylation sites is 1. The molecule has 0 saturated heterocycles. The van der Waals surface area contributed by atoms with Gasteiger partial charge in [-0.3, -0.25) is 5.21 Å². The van der Waals surface area contributed by atoms with E-state index in [0.29, 0.717) is 0 Å². The second kappa shape index (κ2) is 8.40. The number of hydroxylamine groups is 1. The zero-order chi connectivity index (χ0) is 20.3. The molecule has 0 bridgehead atoms. The van der Waals surface area contributed by atoms with Crippen LogP contribution in [0.4, 0.5) is 5.69 Å². The van der Waals surface area contributed by atoms with Crippen LogP contribution in [0.1, 0.15) is 65.9 Å². The van der Waals surface area contributed by atoms with Crippen LogP contribution in [-0.2, 0) is 4.74 Å². The van der Waals surface area contributed by atoms with Crippen LogP contribution in [0.15, 0.2) is 65.3 Å². The molecule has 0 saturated carbocycles. The lowest BCUT2D eigenvalue weighted by molar-refractivity contribution is 0.0907. The summed E-state index contributed by atoms with van der Waals surface area (Å²) in [5.41, 5.74) is 5.29. The predicted molar refractivity (Wildman–Crippen MR) is 117 cm³/mol. The van der Waals surface area contributed by atoms with E-state index in [0.717, 1.165) is 48.3 Å². The summed E-state index contributed by atoms with van der Waals surface area (Å²) >= 11 is 0. The first-order valence-corrected chi connectivity index (χ1v) is 10.3. The summed E-state index contributed by atoms with van der Waals surface area (Å²) < 4.78 is 6.53. The third-order valence-electron chi connectivity index (χ3n) is 5.65. The van der Waals surface area contributed by atoms with Crippen molar-refractivity contribution in [1.82, 2.24) is 0 Å². The van der Waals surface area contributed by atoms with Crippen molar-refractivity contribution >= 4 is 11.4 Å². The number of ether oxygens (including phenoxy) is 1. The van der Waals surface area contributed by atoms with E-state index in [-0.39, 0.29) is 11.6 Å². The first kappa shape index (κ1) is 20.5. The van der Waals surface area contributed by atoms with Gasteiger partial charge in [0.15, 0.2) is 0 Å². The van der Waals surface area contributed by atoms with Crippen molar-refractivity contribution in [2.75, 3.05) is 5.06 Å². The van der Waals surface area contributed by atoms with Gasteiger partial charge in [-0.1, -0.05) is 41.5 Å². The fourth-order valence-corrected chi connectivity index (χ4v) is 3.84. The van der Waals surface area contributed by atoms with Gasteiger partial charge in [-0.2, -0.15) is 0 Å². The Morgan fingerprint density at radius 1 is 1.18 bits per heavy atom. The molecule has 1 aromatic rings. The van der Waals surface area contributed by atoms with Gasteiger partial charge in [0.25, 0.3) is 0 Å². The number of benzene rings is 1. The number of fused-ring (bicyclic) bond motifs is 2. The zero-order valence-corrected chi connectivity index (χ0v) is 17.8. The molecule has 2 aliphatic rings. The molecule has 0 aliphatic carbocycles. The van der Waals surface area contributed by atoms with Gasteiger partial charge in [0.1, 0.15) is 11.4 Å². The van der Waals surface area contributed by atoms with Gasteiger partial charge < -0.3 is 4.74 Å². The predicted octanol–water partition coefficient (Wildman–Crippen LogP) is 6.81. The first-order chi connectivity index (χ1) is 13.3. The third kappa shape index (κ3) is 4.41. The van der Waals surface area contributed by atoms with Crippen LogP contribution in [0, 0.1) is 0 Å². The topological polar surface area (TPSA) is 32.7 Å². The van der Waals surface area contributed by atoms with E-state index >= 15 is 0 Å². The number of hydrogen-bond acceptors (Lipinski definition) is 3. The summed E-state index contributed by atoms with van der Waals surface area (Å²) in [5.74, 6) is 0.905. The Balaban J connectivity index is 1.69. The Hall–Kier alpha value is -2.26. The minimum absolute atomic E-state index is 0.122. The average Bonchev–Trinajstić information content (AvgIpc) is 2.65. The van der Waals surface area contributed by atoms with Crippen molar-refractivity contribution < 1.29 is 9.94 Å². The molecule has 0 amide bonds. The molecular formula is C25H33NO2. The summed E-state index contributed by atoms with van der Waals surface area (Å²) in [7, 11) is 0. The zero-order valence-electron chi connectivity index (χ0n) is 17.8. The normalized spacial score (nSPS) is 23.9. The van der Waals surface area contributed by atoms with Crippen molar-refractivity contribution in [3.8, 4) is 0 Å². The summed E-state index contributed by atoms with van der Waals surface area (Å²) in [6, 6.07) is 7.77. The second-order valence-corrected chi connectivity index (χ2v) is 8.48. The lowest BCUT2D eigenvalue weighted by Gasteiger charge is -2.40. The molecule has 0 spiro atoms. The fraction of sp³-hybridized carbons (Fsp3) is 0.440. The maximum Gasteiger partial charge on any atom is 0.135 e. The van der Waals surface area contributed by atoms with Crippen LogP contribution >= 0.6 is 0 Å². The molecule has 28 heavy (non-hydrogen) atoms. The van der Waals surface area contributed by atoms with Gasteiger partial charge in [0.05, 0.1) is 11.7 Å². The maximum absolute atomic E-state index is 10.5. The number of anilines is 1. The highest BCUT2D eigenvalue weighted by Crippen LogP contribution is 2.43. The van der Waals surface area contributed by atoms with Gasteiger partial charge >= 0.3 is 0 Å². The smallest absolute Gasteiger partial charge is 0.135 e. The van der Waals surface area contributed by atoms with Gasteiger partial charge in [-0.15, -0.1) is 0 Å². The van der Waals surface area contributed by atoms with Crippen molar-refractivity contribution in [2.45, 2.75) is 71.9 Å². The van der Waals surface area contributed by atoms with E-state index in [1.165, 1.54) is 16.2 Å². The standard InChI is InChI=1S/C25H33NO2/c1-18(2)10-8-11-19(3)12-9-16-25(5)17-15-21-20(4)26(27)23-14-7-6-13-22(23)24(21)28-25/h6-7,10,12-15,17,20,27H,8-9,11,16H2,1-5H3. The summed E-state index contributed by atoms with van der Waals surface area (Å²) in [4.78, 5) is 0. The molecule has 2 unspecified atom stereocenters. The number of allylic oxidation sites excluding steroid dienone is 4. The van der Waals surface area contributed by atoms with E-state index < -0.39 is 0 Å². The van der Waals surface area contributed by atoms with Crippen LogP contribution in [0.5, 0.6) is 0 Å². The summed E-state index contributed by atoms with van der Waals surface area (Å²) in [6.45, 7) is 10.7. The lowest BCUT2D eigenvalue weighted by Crippen LogP contribution is -2.39. The SMILES string of the molecule is CC(C)=CCCC(C)=CCCC1(C)C=CC2=C(O1)c1ccccc1N(O)C2C. The van der Waals surface area contributed by atoms with E-state index in [9.17, 15) is 5.21 Å². The second-order valence-electron chi connectivity index (χ2n) is 8.48. The Morgan fingerprint density at radius 2 is 1.93 bits per heavy atom. The molecule has 3 rings (SSSR count). The van der Waals surface area contributed by atoms with Crippen LogP contribution in [0.25, 0.3) is 5.76 Å². The number of rotatable bonds is 6.